The largest absolute Gasteiger partial charge is 0.497 e. The summed E-state index contributed by atoms with van der Waals surface area (Å²) >= 11 is 6.04. The number of nitrogens with one attached hydrogen (secondary N) is 1. The van der Waals surface area contributed by atoms with Crippen LogP contribution in [0.5, 0.6) is 5.75 Å². The van der Waals surface area contributed by atoms with Crippen molar-refractivity contribution in [3.8, 4) is 5.75 Å². The fourth-order valence-electron chi connectivity index (χ4n) is 2.19. The van der Waals surface area contributed by atoms with Crippen LogP contribution in [0.25, 0.3) is 0 Å². The second-order valence-corrected chi connectivity index (χ2v) is 5.40. The third-order valence-corrected chi connectivity index (χ3v) is 3.91. The van der Waals surface area contributed by atoms with Gasteiger partial charge < -0.3 is 20.1 Å². The lowest BCUT2D eigenvalue weighted by atomic mass is 10.1. The normalized spacial score (nSPS) is 11.7. The summed E-state index contributed by atoms with van der Waals surface area (Å²) in [7, 11) is 3.21. The van der Waals surface area contributed by atoms with Gasteiger partial charge in [0.15, 0.2) is 0 Å². The predicted octanol–water partition coefficient (Wildman–Crippen LogP) is 3.55. The lowest BCUT2D eigenvalue weighted by molar-refractivity contribution is 0.159. The Morgan fingerprint density at radius 2 is 1.91 bits per heavy atom. The fourth-order valence-corrected chi connectivity index (χ4v) is 2.37. The molecule has 23 heavy (non-hydrogen) atoms. The second-order valence-electron chi connectivity index (χ2n) is 4.99. The van der Waals surface area contributed by atoms with Crippen molar-refractivity contribution in [1.29, 1.82) is 0 Å². The first-order valence-corrected chi connectivity index (χ1v) is 7.47. The summed E-state index contributed by atoms with van der Waals surface area (Å²) in [4.78, 5) is 13.8. The number of nitrogens with zero attached hydrogens (tertiary/aromatic N) is 1. The molecule has 2 aromatic carbocycles. The van der Waals surface area contributed by atoms with Gasteiger partial charge in [0, 0.05) is 7.05 Å². The van der Waals surface area contributed by atoms with Gasteiger partial charge in [-0.25, -0.2) is 4.79 Å². The number of anilines is 1. The number of aliphatic hydroxyl groups excluding tert-OH is 1. The Bertz CT molecular complexity index is 661. The highest BCUT2D eigenvalue weighted by atomic mass is 35.5. The van der Waals surface area contributed by atoms with Gasteiger partial charge >= 0.3 is 6.03 Å². The van der Waals surface area contributed by atoms with Gasteiger partial charge in [0.1, 0.15) is 5.75 Å². The van der Waals surface area contributed by atoms with Crippen molar-refractivity contribution in [1.82, 2.24) is 4.90 Å². The van der Waals surface area contributed by atoms with Crippen molar-refractivity contribution in [3.63, 3.8) is 0 Å². The number of rotatable bonds is 5. The van der Waals surface area contributed by atoms with Gasteiger partial charge in [-0.3, -0.25) is 0 Å². The van der Waals surface area contributed by atoms with Gasteiger partial charge in [-0.1, -0.05) is 35.9 Å². The van der Waals surface area contributed by atoms with E-state index in [9.17, 15) is 9.90 Å². The van der Waals surface area contributed by atoms with E-state index in [1.807, 2.05) is 12.1 Å². The van der Waals surface area contributed by atoms with Crippen molar-refractivity contribution in [2.24, 2.45) is 0 Å². The maximum Gasteiger partial charge on any atom is 0.322 e. The fraction of sp³-hybridized carbons (Fsp3) is 0.235. The first-order chi connectivity index (χ1) is 11.1. The van der Waals surface area contributed by atoms with E-state index in [1.54, 1.807) is 50.6 Å². The van der Waals surface area contributed by atoms with Crippen LogP contribution in [0.2, 0.25) is 5.02 Å². The van der Waals surface area contributed by atoms with Crippen LogP contribution in [-0.2, 0) is 0 Å². The van der Waals surface area contributed by atoms with E-state index < -0.39 is 6.04 Å². The van der Waals surface area contributed by atoms with Gasteiger partial charge in [-0.15, -0.1) is 0 Å². The Morgan fingerprint density at radius 1 is 1.26 bits per heavy atom. The van der Waals surface area contributed by atoms with Crippen LogP contribution in [0.15, 0.2) is 48.5 Å². The van der Waals surface area contributed by atoms with E-state index in [0.29, 0.717) is 16.5 Å². The predicted molar refractivity (Wildman–Crippen MR) is 91.1 cm³/mol. The summed E-state index contributed by atoms with van der Waals surface area (Å²) in [6.45, 7) is -0.196. The molecule has 1 atom stereocenters. The van der Waals surface area contributed by atoms with Crippen LogP contribution in [0.1, 0.15) is 11.6 Å². The zero-order valence-corrected chi connectivity index (χ0v) is 13.7. The summed E-state index contributed by atoms with van der Waals surface area (Å²) < 4.78 is 5.11. The van der Waals surface area contributed by atoms with Gasteiger partial charge in [-0.05, 0) is 29.8 Å². The van der Waals surface area contributed by atoms with Gasteiger partial charge in [0.2, 0.25) is 0 Å². The van der Waals surface area contributed by atoms with Crippen LogP contribution in [0.4, 0.5) is 10.5 Å². The number of carbonyl (C=O) groups is 1. The Kier molecular flexibility index (Phi) is 5.84. The zero-order valence-electron chi connectivity index (χ0n) is 13.0. The number of likely N-dealkylation sites (N-methyl/N-ethyl adjacent to an activating group) is 1. The van der Waals surface area contributed by atoms with Crippen LogP contribution in [0.3, 0.4) is 0 Å². The van der Waals surface area contributed by atoms with Crippen molar-refractivity contribution in [3.05, 3.63) is 59.1 Å². The lowest BCUT2D eigenvalue weighted by Gasteiger charge is -2.27. The molecule has 0 spiro atoms. The maximum atomic E-state index is 12.4. The minimum atomic E-state index is -0.469. The Balaban J connectivity index is 2.13. The molecule has 0 heterocycles. The molecule has 2 amide bonds. The Hall–Kier alpha value is -2.24. The highest BCUT2D eigenvalue weighted by Crippen LogP contribution is 2.24. The number of benzene rings is 2. The topological polar surface area (TPSA) is 61.8 Å². The molecule has 122 valence electrons. The van der Waals surface area contributed by atoms with E-state index in [-0.39, 0.29) is 12.6 Å². The van der Waals surface area contributed by atoms with Gasteiger partial charge in [0.05, 0.1) is 30.5 Å². The van der Waals surface area contributed by atoms with E-state index in [2.05, 4.69) is 5.32 Å². The zero-order chi connectivity index (χ0) is 16.8. The summed E-state index contributed by atoms with van der Waals surface area (Å²) in [6, 6.07) is 13.4. The standard InChI is InChI=1S/C17H19ClN2O3/c1-20(17(22)19-15-6-4-3-5-14(15)18)16(11-21)12-7-9-13(23-2)10-8-12/h3-10,16,21H,11H2,1-2H3,(H,19,22)/t16-/m0/s1. The molecule has 0 radical (unpaired) electrons. The number of amides is 2. The van der Waals surface area contributed by atoms with Crippen LogP contribution in [0, 0.1) is 0 Å². The summed E-state index contributed by atoms with van der Waals surface area (Å²) in [5.41, 5.74) is 1.34. The van der Waals surface area contributed by atoms with Crippen molar-refractivity contribution < 1.29 is 14.6 Å². The first-order valence-electron chi connectivity index (χ1n) is 7.10. The van der Waals surface area contributed by atoms with Crippen LogP contribution in [-0.4, -0.2) is 36.8 Å². The molecule has 6 heteroatoms. The van der Waals surface area contributed by atoms with E-state index >= 15 is 0 Å². The summed E-state index contributed by atoms with van der Waals surface area (Å²) in [6.07, 6.45) is 0. The van der Waals surface area contributed by atoms with Crippen molar-refractivity contribution in [2.45, 2.75) is 6.04 Å². The number of aliphatic hydroxyl groups is 1. The minimum absolute atomic E-state index is 0.196. The maximum absolute atomic E-state index is 12.4. The van der Waals surface area contributed by atoms with Gasteiger partial charge in [-0.2, -0.15) is 0 Å². The Morgan fingerprint density at radius 3 is 2.48 bits per heavy atom. The molecule has 0 bridgehead atoms. The molecular formula is C17H19ClN2O3. The third-order valence-electron chi connectivity index (χ3n) is 3.58. The monoisotopic (exact) mass is 334 g/mol. The molecule has 0 saturated carbocycles. The SMILES string of the molecule is COc1ccc([C@H](CO)N(C)C(=O)Nc2ccccc2Cl)cc1. The summed E-state index contributed by atoms with van der Waals surface area (Å²) in [5, 5.41) is 12.9. The number of hydrogen-bond donors (Lipinski definition) is 2. The Labute approximate surface area is 140 Å². The molecule has 0 fully saturated rings. The van der Waals surface area contributed by atoms with E-state index in [4.69, 9.17) is 16.3 Å². The number of halogens is 1. The molecule has 2 N–H and O–H groups in total. The quantitative estimate of drug-likeness (QED) is 0.879. The molecule has 2 rings (SSSR count). The molecule has 2 aromatic rings. The molecule has 0 aromatic heterocycles. The first kappa shape index (κ1) is 17.1. The average molecular weight is 335 g/mol. The lowest BCUT2D eigenvalue weighted by Crippen LogP contribution is -2.36. The molecule has 0 aliphatic carbocycles. The molecule has 5 nitrogen and oxygen atoms in total. The average Bonchev–Trinajstić information content (AvgIpc) is 2.58. The van der Waals surface area contributed by atoms with E-state index in [0.717, 1.165) is 5.56 Å². The number of ether oxygens (including phenoxy) is 1. The highest BCUT2D eigenvalue weighted by Gasteiger charge is 2.21. The second kappa shape index (κ2) is 7.85. The van der Waals surface area contributed by atoms with Crippen molar-refractivity contribution >= 4 is 23.3 Å². The molecule has 0 saturated heterocycles. The third kappa shape index (κ3) is 4.15. The number of para-hydroxylation sites is 1. The molecule has 0 unspecified atom stereocenters. The van der Waals surface area contributed by atoms with Gasteiger partial charge in [0.25, 0.3) is 0 Å². The molecular weight excluding hydrogens is 316 g/mol. The molecule has 0 aliphatic heterocycles. The number of urea groups is 1. The number of methoxy groups -OCH3 is 1. The van der Waals surface area contributed by atoms with Crippen LogP contribution >= 0.6 is 11.6 Å². The number of hydrogen-bond acceptors (Lipinski definition) is 3. The van der Waals surface area contributed by atoms with E-state index in [1.165, 1.54) is 4.90 Å². The van der Waals surface area contributed by atoms with Crippen molar-refractivity contribution in [2.75, 3.05) is 26.1 Å². The molecule has 0 aliphatic rings. The summed E-state index contributed by atoms with van der Waals surface area (Å²) in [5.74, 6) is 0.716. The van der Waals surface area contributed by atoms with Crippen LogP contribution < -0.4 is 10.1 Å². The highest BCUT2D eigenvalue weighted by molar-refractivity contribution is 6.33. The minimum Gasteiger partial charge on any atom is -0.497 e. The number of carbonyl (C=O) groups excluding carboxylic acids is 1. The smallest absolute Gasteiger partial charge is 0.322 e.